The smallest absolute Gasteiger partial charge is 0.335 e. The summed E-state index contributed by atoms with van der Waals surface area (Å²) in [6, 6.07) is 0. The fraction of sp³-hybridized carbons (Fsp3) is 0.500. The van der Waals surface area contributed by atoms with Crippen LogP contribution in [0.25, 0.3) is 0 Å². The van der Waals surface area contributed by atoms with E-state index in [2.05, 4.69) is 5.43 Å². The van der Waals surface area contributed by atoms with Gasteiger partial charge in [0.1, 0.15) is 5.70 Å². The molecule has 0 spiro atoms. The molecule has 0 aromatic heterocycles. The molecule has 4 nitrogen and oxygen atoms in total. The molecule has 0 unspecified atom stereocenters. The van der Waals surface area contributed by atoms with Crippen molar-refractivity contribution < 1.29 is 18.7 Å². The molecule has 2 N–H and O–H groups in total. The van der Waals surface area contributed by atoms with Crippen molar-refractivity contribution in [2.24, 2.45) is 0 Å². The van der Waals surface area contributed by atoms with E-state index in [1.165, 1.54) is 7.05 Å². The van der Waals surface area contributed by atoms with E-state index in [4.69, 9.17) is 5.11 Å². The van der Waals surface area contributed by atoms with Gasteiger partial charge in [0.05, 0.1) is 5.57 Å². The Morgan fingerprint density at radius 2 is 2.33 bits per heavy atom. The van der Waals surface area contributed by atoms with Gasteiger partial charge in [-0.3, -0.25) is 0 Å². The first-order valence-electron chi connectivity index (χ1n) is 3.25. The third kappa shape index (κ3) is 1.38. The first-order valence-corrected chi connectivity index (χ1v) is 3.25. The summed E-state index contributed by atoms with van der Waals surface area (Å²) in [6.07, 6.45) is -2.75. The summed E-state index contributed by atoms with van der Waals surface area (Å²) in [5.41, 5.74) is 1.75. The molecule has 0 atom stereocenters. The third-order valence-corrected chi connectivity index (χ3v) is 1.63. The predicted octanol–water partition coefficient (Wildman–Crippen LogP) is 0.0402. The molecule has 0 saturated carbocycles. The van der Waals surface area contributed by atoms with Crippen LogP contribution in [0.1, 0.15) is 0 Å². The first-order chi connectivity index (χ1) is 5.54. The Labute approximate surface area is 67.4 Å². The minimum Gasteiger partial charge on any atom is -0.478 e. The van der Waals surface area contributed by atoms with Gasteiger partial charge in [-0.1, -0.05) is 0 Å². The Morgan fingerprint density at radius 1 is 1.75 bits per heavy atom. The number of hydrogen-bond donors (Lipinski definition) is 2. The number of alkyl halides is 2. The molecule has 6 heteroatoms. The lowest BCUT2D eigenvalue weighted by Gasteiger charge is -2.14. The zero-order valence-electron chi connectivity index (χ0n) is 6.34. The number of halogens is 2. The lowest BCUT2D eigenvalue weighted by atomic mass is 10.2. The minimum absolute atomic E-state index is 0.0501. The number of nitrogens with zero attached hydrogens (tertiary/aromatic N) is 1. The van der Waals surface area contributed by atoms with Crippen LogP contribution in [0.15, 0.2) is 11.3 Å². The largest absolute Gasteiger partial charge is 0.478 e. The van der Waals surface area contributed by atoms with Gasteiger partial charge in [0.15, 0.2) is 0 Å². The minimum atomic E-state index is -2.75. The van der Waals surface area contributed by atoms with Crippen LogP contribution in [0.3, 0.4) is 0 Å². The summed E-state index contributed by atoms with van der Waals surface area (Å²) in [4.78, 5) is 10.4. The quantitative estimate of drug-likeness (QED) is 0.626. The number of carboxylic acids is 1. The molecular formula is C6H8F2N2O2. The topological polar surface area (TPSA) is 52.6 Å². The molecule has 0 radical (unpaired) electrons. The van der Waals surface area contributed by atoms with E-state index >= 15 is 0 Å². The maximum absolute atomic E-state index is 12.2. The second-order valence-corrected chi connectivity index (χ2v) is 2.36. The van der Waals surface area contributed by atoms with Crippen LogP contribution < -0.4 is 5.43 Å². The van der Waals surface area contributed by atoms with Gasteiger partial charge in [-0.2, -0.15) is 0 Å². The summed E-state index contributed by atoms with van der Waals surface area (Å²) in [6.45, 7) is -0.0501. The molecule has 68 valence electrons. The number of hydrazine groups is 1. The summed E-state index contributed by atoms with van der Waals surface area (Å²) in [5, 5.41) is 9.53. The number of carboxylic acid groups (broad SMARTS) is 1. The summed E-state index contributed by atoms with van der Waals surface area (Å²) < 4.78 is 24.4. The maximum Gasteiger partial charge on any atom is 0.335 e. The van der Waals surface area contributed by atoms with Crippen LogP contribution in [-0.2, 0) is 4.79 Å². The molecule has 0 saturated heterocycles. The van der Waals surface area contributed by atoms with E-state index in [-0.39, 0.29) is 12.1 Å². The van der Waals surface area contributed by atoms with Crippen LogP contribution in [0.4, 0.5) is 8.78 Å². The second kappa shape index (κ2) is 3.06. The van der Waals surface area contributed by atoms with E-state index < -0.39 is 18.1 Å². The molecule has 0 aromatic rings. The highest BCUT2D eigenvalue weighted by atomic mass is 19.3. The van der Waals surface area contributed by atoms with Crippen molar-refractivity contribution in [2.75, 3.05) is 13.6 Å². The van der Waals surface area contributed by atoms with E-state index in [9.17, 15) is 13.6 Å². The fourth-order valence-corrected chi connectivity index (χ4v) is 1.04. The molecule has 0 amide bonds. The average molecular weight is 178 g/mol. The van der Waals surface area contributed by atoms with E-state index in [1.54, 1.807) is 0 Å². The van der Waals surface area contributed by atoms with Crippen molar-refractivity contribution in [2.45, 2.75) is 6.43 Å². The van der Waals surface area contributed by atoms with Crippen LogP contribution in [0.5, 0.6) is 0 Å². The molecule has 1 aliphatic heterocycles. The lowest BCUT2D eigenvalue weighted by molar-refractivity contribution is -0.132. The highest BCUT2D eigenvalue weighted by Crippen LogP contribution is 2.20. The van der Waals surface area contributed by atoms with Crippen molar-refractivity contribution in [3.63, 3.8) is 0 Å². The van der Waals surface area contributed by atoms with Gasteiger partial charge < -0.3 is 10.1 Å². The van der Waals surface area contributed by atoms with Crippen molar-refractivity contribution in [3.8, 4) is 0 Å². The number of nitrogens with one attached hydrogen (secondary N) is 1. The molecule has 0 aliphatic carbocycles. The second-order valence-electron chi connectivity index (χ2n) is 2.36. The molecule has 0 fully saturated rings. The Hall–Kier alpha value is -1.17. The van der Waals surface area contributed by atoms with E-state index in [1.807, 2.05) is 0 Å². The number of carbonyl (C=O) groups is 1. The number of rotatable bonds is 2. The Bertz CT molecular complexity index is 240. The zero-order valence-corrected chi connectivity index (χ0v) is 6.34. The van der Waals surface area contributed by atoms with Gasteiger partial charge in [0.2, 0.25) is 0 Å². The maximum atomic E-state index is 12.2. The number of allylic oxidation sites excluding steroid dienone is 1. The van der Waals surface area contributed by atoms with Gasteiger partial charge >= 0.3 is 5.97 Å². The highest BCUT2D eigenvalue weighted by Gasteiger charge is 2.30. The number of aliphatic carboxylic acids is 1. The van der Waals surface area contributed by atoms with Gasteiger partial charge in [0, 0.05) is 13.6 Å². The molecule has 0 bridgehead atoms. The standard InChI is InChI=1S/C6H8F2N2O2/c1-10-4(5(7)8)3(2-9-10)6(11)12/h5,9H,2H2,1H3,(H,11,12). The Balaban J connectivity index is 2.98. The van der Waals surface area contributed by atoms with E-state index in [0.29, 0.717) is 0 Å². The first kappa shape index (κ1) is 8.92. The SMILES string of the molecule is CN1NCC(C(=O)O)=C1C(F)F. The van der Waals surface area contributed by atoms with Gasteiger partial charge in [-0.05, 0) is 0 Å². The Morgan fingerprint density at radius 3 is 2.67 bits per heavy atom. The summed E-state index contributed by atoms with van der Waals surface area (Å²) in [5.74, 6) is -1.30. The van der Waals surface area contributed by atoms with Gasteiger partial charge in [0.25, 0.3) is 6.43 Å². The van der Waals surface area contributed by atoms with Crippen molar-refractivity contribution in [1.82, 2.24) is 10.4 Å². The van der Waals surface area contributed by atoms with Crippen molar-refractivity contribution in [3.05, 3.63) is 11.3 Å². The molecule has 0 aromatic carbocycles. The Kier molecular flexibility index (Phi) is 2.27. The summed E-state index contributed by atoms with van der Waals surface area (Å²) in [7, 11) is 1.36. The molecule has 1 heterocycles. The third-order valence-electron chi connectivity index (χ3n) is 1.63. The van der Waals surface area contributed by atoms with Crippen LogP contribution in [0, 0.1) is 0 Å². The average Bonchev–Trinajstić information content (AvgIpc) is 2.30. The van der Waals surface area contributed by atoms with Crippen LogP contribution in [0.2, 0.25) is 0 Å². The van der Waals surface area contributed by atoms with Crippen molar-refractivity contribution in [1.29, 1.82) is 0 Å². The lowest BCUT2D eigenvalue weighted by Crippen LogP contribution is -2.29. The molecule has 12 heavy (non-hydrogen) atoms. The monoisotopic (exact) mass is 178 g/mol. The van der Waals surface area contributed by atoms with Gasteiger partial charge in [-0.15, -0.1) is 0 Å². The molecular weight excluding hydrogens is 170 g/mol. The summed E-state index contributed by atoms with van der Waals surface area (Å²) >= 11 is 0. The van der Waals surface area contributed by atoms with E-state index in [0.717, 1.165) is 5.01 Å². The fourth-order valence-electron chi connectivity index (χ4n) is 1.04. The highest BCUT2D eigenvalue weighted by molar-refractivity contribution is 5.88. The van der Waals surface area contributed by atoms with Crippen LogP contribution in [-0.4, -0.2) is 36.1 Å². The molecule has 1 rings (SSSR count). The zero-order chi connectivity index (χ0) is 9.30. The van der Waals surface area contributed by atoms with Crippen LogP contribution >= 0.6 is 0 Å². The normalized spacial score (nSPS) is 17.8. The number of hydrogen-bond acceptors (Lipinski definition) is 3. The van der Waals surface area contributed by atoms with Gasteiger partial charge in [-0.25, -0.2) is 19.0 Å². The predicted molar refractivity (Wildman–Crippen MR) is 36.4 cm³/mol. The van der Waals surface area contributed by atoms with Crippen molar-refractivity contribution >= 4 is 5.97 Å². The molecule has 1 aliphatic rings.